The number of aryl methyl sites for hydroxylation is 2. The molecule has 3 nitrogen and oxygen atoms in total. The Kier molecular flexibility index (Phi) is 3.40. The molecule has 0 bridgehead atoms. The standard InChI is InChI=1S/C11H14N2O/c1-9-4-5-10(2)11(6-9)12-7-13(3)8-14/h4-8H,1-3H3/b12-7-. The summed E-state index contributed by atoms with van der Waals surface area (Å²) in [6, 6.07) is 6.05. The lowest BCUT2D eigenvalue weighted by atomic mass is 10.1. The van der Waals surface area contributed by atoms with Gasteiger partial charge in [0.2, 0.25) is 6.41 Å². The molecule has 0 heterocycles. The number of rotatable bonds is 3. The van der Waals surface area contributed by atoms with Crippen LogP contribution in [0.1, 0.15) is 11.1 Å². The molecule has 0 aromatic heterocycles. The fourth-order valence-electron chi connectivity index (χ4n) is 1.04. The molecule has 0 radical (unpaired) electrons. The van der Waals surface area contributed by atoms with Crippen LogP contribution in [0.15, 0.2) is 23.2 Å². The van der Waals surface area contributed by atoms with Gasteiger partial charge in [-0.05, 0) is 31.0 Å². The van der Waals surface area contributed by atoms with E-state index in [9.17, 15) is 4.79 Å². The van der Waals surface area contributed by atoms with Gasteiger partial charge in [-0.3, -0.25) is 4.79 Å². The van der Waals surface area contributed by atoms with Gasteiger partial charge in [-0.25, -0.2) is 4.99 Å². The van der Waals surface area contributed by atoms with Gasteiger partial charge in [0.05, 0.1) is 12.0 Å². The molecule has 1 aromatic carbocycles. The number of benzene rings is 1. The highest BCUT2D eigenvalue weighted by molar-refractivity contribution is 5.74. The average molecular weight is 190 g/mol. The zero-order valence-corrected chi connectivity index (χ0v) is 8.69. The van der Waals surface area contributed by atoms with Gasteiger partial charge in [-0.1, -0.05) is 12.1 Å². The number of hydrogen-bond donors (Lipinski definition) is 0. The van der Waals surface area contributed by atoms with Gasteiger partial charge in [0.25, 0.3) is 0 Å². The molecule has 0 N–H and O–H groups in total. The minimum absolute atomic E-state index is 0.717. The van der Waals surface area contributed by atoms with Crippen molar-refractivity contribution in [2.75, 3.05) is 7.05 Å². The van der Waals surface area contributed by atoms with Crippen molar-refractivity contribution in [3.05, 3.63) is 29.3 Å². The summed E-state index contributed by atoms with van der Waals surface area (Å²) >= 11 is 0. The van der Waals surface area contributed by atoms with Crippen molar-refractivity contribution in [1.29, 1.82) is 0 Å². The number of carbonyl (C=O) groups excluding carboxylic acids is 1. The first-order chi connectivity index (χ1) is 6.63. The van der Waals surface area contributed by atoms with E-state index in [0.717, 1.165) is 16.8 Å². The molecule has 1 amide bonds. The third kappa shape index (κ3) is 2.69. The molecule has 0 aliphatic rings. The lowest BCUT2D eigenvalue weighted by Gasteiger charge is -2.03. The Balaban J connectivity index is 2.90. The number of amides is 1. The second kappa shape index (κ2) is 4.56. The first kappa shape index (κ1) is 10.4. The maximum atomic E-state index is 10.3. The minimum atomic E-state index is 0.717. The summed E-state index contributed by atoms with van der Waals surface area (Å²) < 4.78 is 0. The van der Waals surface area contributed by atoms with E-state index < -0.39 is 0 Å². The van der Waals surface area contributed by atoms with Crippen molar-refractivity contribution in [3.8, 4) is 0 Å². The van der Waals surface area contributed by atoms with Gasteiger partial charge in [-0.2, -0.15) is 0 Å². The Hall–Kier alpha value is -1.64. The summed E-state index contributed by atoms with van der Waals surface area (Å²) in [5.74, 6) is 0. The van der Waals surface area contributed by atoms with Gasteiger partial charge in [0.1, 0.15) is 0 Å². The van der Waals surface area contributed by atoms with Crippen molar-refractivity contribution < 1.29 is 4.79 Å². The Morgan fingerprint density at radius 1 is 1.36 bits per heavy atom. The average Bonchev–Trinajstić information content (AvgIpc) is 2.19. The highest BCUT2D eigenvalue weighted by atomic mass is 16.1. The summed E-state index contributed by atoms with van der Waals surface area (Å²) in [6.45, 7) is 4.01. The molecule has 0 aliphatic carbocycles. The van der Waals surface area contributed by atoms with E-state index in [0.29, 0.717) is 6.41 Å². The topological polar surface area (TPSA) is 32.7 Å². The zero-order valence-electron chi connectivity index (χ0n) is 8.69. The molecule has 0 saturated carbocycles. The summed E-state index contributed by atoms with van der Waals surface area (Å²) in [7, 11) is 1.65. The van der Waals surface area contributed by atoms with Crippen molar-refractivity contribution >= 4 is 18.4 Å². The van der Waals surface area contributed by atoms with Crippen LogP contribution in [-0.2, 0) is 4.79 Å². The lowest BCUT2D eigenvalue weighted by molar-refractivity contribution is -0.113. The predicted octanol–water partition coefficient (Wildman–Crippen LogP) is 2.05. The van der Waals surface area contributed by atoms with E-state index in [2.05, 4.69) is 4.99 Å². The molecule has 0 unspecified atom stereocenters. The van der Waals surface area contributed by atoms with Gasteiger partial charge >= 0.3 is 0 Å². The van der Waals surface area contributed by atoms with Gasteiger partial charge in [0.15, 0.2) is 0 Å². The monoisotopic (exact) mass is 190 g/mol. The number of carbonyl (C=O) groups is 1. The highest BCUT2D eigenvalue weighted by Gasteiger charge is 1.95. The first-order valence-corrected chi connectivity index (χ1v) is 4.42. The Labute approximate surface area is 84.1 Å². The number of aliphatic imine (C=N–C) groups is 1. The fourth-order valence-corrected chi connectivity index (χ4v) is 1.04. The van der Waals surface area contributed by atoms with E-state index in [1.54, 1.807) is 7.05 Å². The largest absolute Gasteiger partial charge is 0.309 e. The second-order valence-corrected chi connectivity index (χ2v) is 3.31. The molecule has 0 aliphatic heterocycles. The predicted molar refractivity (Wildman–Crippen MR) is 57.9 cm³/mol. The van der Waals surface area contributed by atoms with Crippen LogP contribution in [0.3, 0.4) is 0 Å². The van der Waals surface area contributed by atoms with Crippen molar-refractivity contribution in [2.24, 2.45) is 4.99 Å². The number of hydrogen-bond acceptors (Lipinski definition) is 2. The van der Waals surface area contributed by atoms with Gasteiger partial charge in [0, 0.05) is 7.05 Å². The van der Waals surface area contributed by atoms with E-state index >= 15 is 0 Å². The third-order valence-electron chi connectivity index (χ3n) is 1.91. The van der Waals surface area contributed by atoms with Crippen LogP contribution < -0.4 is 0 Å². The van der Waals surface area contributed by atoms with Gasteiger partial charge in [-0.15, -0.1) is 0 Å². The molecule has 14 heavy (non-hydrogen) atoms. The molecular formula is C11H14N2O. The number of nitrogens with zero attached hydrogens (tertiary/aromatic N) is 2. The quantitative estimate of drug-likeness (QED) is 0.408. The Morgan fingerprint density at radius 2 is 2.07 bits per heavy atom. The summed E-state index contributed by atoms with van der Waals surface area (Å²) in [4.78, 5) is 15.9. The second-order valence-electron chi connectivity index (χ2n) is 3.31. The van der Waals surface area contributed by atoms with Crippen molar-refractivity contribution in [2.45, 2.75) is 13.8 Å². The third-order valence-corrected chi connectivity index (χ3v) is 1.91. The Bertz CT molecular complexity index is 358. The first-order valence-electron chi connectivity index (χ1n) is 4.42. The molecule has 0 atom stereocenters. The SMILES string of the molecule is Cc1ccc(C)c(/N=C\N(C)C=O)c1. The molecule has 0 spiro atoms. The van der Waals surface area contributed by atoms with Crippen LogP contribution in [0.2, 0.25) is 0 Å². The van der Waals surface area contributed by atoms with Crippen molar-refractivity contribution in [3.63, 3.8) is 0 Å². The van der Waals surface area contributed by atoms with Crippen LogP contribution in [-0.4, -0.2) is 24.7 Å². The van der Waals surface area contributed by atoms with Gasteiger partial charge < -0.3 is 4.90 Å². The maximum Gasteiger partial charge on any atom is 0.214 e. The van der Waals surface area contributed by atoms with Crippen LogP contribution in [0.4, 0.5) is 5.69 Å². The van der Waals surface area contributed by atoms with Crippen LogP contribution in [0, 0.1) is 13.8 Å². The zero-order chi connectivity index (χ0) is 10.6. The minimum Gasteiger partial charge on any atom is -0.309 e. The fraction of sp³-hybridized carbons (Fsp3) is 0.273. The van der Waals surface area contributed by atoms with E-state index in [4.69, 9.17) is 0 Å². The summed E-state index contributed by atoms with van der Waals surface area (Å²) in [5.41, 5.74) is 3.17. The van der Waals surface area contributed by atoms with Crippen LogP contribution in [0.5, 0.6) is 0 Å². The normalized spacial score (nSPS) is 10.5. The summed E-state index contributed by atoms with van der Waals surface area (Å²) in [5, 5.41) is 0. The Morgan fingerprint density at radius 3 is 2.71 bits per heavy atom. The van der Waals surface area contributed by atoms with Crippen LogP contribution in [0.25, 0.3) is 0 Å². The van der Waals surface area contributed by atoms with E-state index in [1.807, 2.05) is 32.0 Å². The summed E-state index contributed by atoms with van der Waals surface area (Å²) in [6.07, 6.45) is 2.23. The highest BCUT2D eigenvalue weighted by Crippen LogP contribution is 2.18. The van der Waals surface area contributed by atoms with Crippen molar-refractivity contribution in [1.82, 2.24) is 4.90 Å². The molecular weight excluding hydrogens is 176 g/mol. The smallest absolute Gasteiger partial charge is 0.214 e. The molecule has 1 rings (SSSR count). The lowest BCUT2D eigenvalue weighted by Crippen LogP contribution is -2.12. The molecule has 0 fully saturated rings. The van der Waals surface area contributed by atoms with Crippen LogP contribution >= 0.6 is 0 Å². The molecule has 3 heteroatoms. The van der Waals surface area contributed by atoms with E-state index in [-0.39, 0.29) is 0 Å². The molecule has 0 saturated heterocycles. The van der Waals surface area contributed by atoms with E-state index in [1.165, 1.54) is 11.2 Å². The maximum absolute atomic E-state index is 10.3. The molecule has 1 aromatic rings. The molecule has 74 valence electrons.